The van der Waals surface area contributed by atoms with Crippen molar-refractivity contribution in [2.75, 3.05) is 13.7 Å². The molecule has 0 radical (unpaired) electrons. The molecule has 2 rings (SSSR count). The summed E-state index contributed by atoms with van der Waals surface area (Å²) in [5, 5.41) is 16.6. The summed E-state index contributed by atoms with van der Waals surface area (Å²) in [5.74, 6) is 0. The monoisotopic (exact) mass is 342 g/mol. The van der Waals surface area contributed by atoms with Crippen LogP contribution in [0.15, 0.2) is 54.6 Å². The van der Waals surface area contributed by atoms with Crippen LogP contribution in [-0.2, 0) is 23.4 Å². The second kappa shape index (κ2) is 9.20. The molecule has 25 heavy (non-hydrogen) atoms. The minimum Gasteiger partial charge on any atom is -0.450 e. The van der Waals surface area contributed by atoms with Crippen LogP contribution in [0.25, 0.3) is 0 Å². The molecule has 134 valence electrons. The number of hydrogen-bond donors (Lipinski definition) is 3. The molecule has 0 saturated carbocycles. The Balaban J connectivity index is 1.98. The Morgan fingerprint density at radius 3 is 2.36 bits per heavy atom. The van der Waals surface area contributed by atoms with Gasteiger partial charge < -0.3 is 15.2 Å². The quantitative estimate of drug-likeness (QED) is 0.645. The third-order valence-corrected chi connectivity index (χ3v) is 4.18. The van der Waals surface area contributed by atoms with Crippen LogP contribution in [0.1, 0.15) is 30.0 Å². The average Bonchev–Trinajstić information content (AvgIpc) is 2.66. The van der Waals surface area contributed by atoms with E-state index in [9.17, 15) is 9.90 Å². The number of aliphatic hydroxyl groups is 1. The predicted octanol–water partition coefficient (Wildman–Crippen LogP) is 2.93. The summed E-state index contributed by atoms with van der Waals surface area (Å²) in [6.07, 6.45) is 0.902. The van der Waals surface area contributed by atoms with Gasteiger partial charge in [0.1, 0.15) is 5.72 Å². The third kappa shape index (κ3) is 5.59. The van der Waals surface area contributed by atoms with E-state index in [2.05, 4.69) is 22.8 Å². The van der Waals surface area contributed by atoms with E-state index in [-0.39, 0.29) is 0 Å². The number of rotatable bonds is 8. The second-order valence-electron chi connectivity index (χ2n) is 5.87. The Bertz CT molecular complexity index is 658. The van der Waals surface area contributed by atoms with Gasteiger partial charge in [-0.15, -0.1) is 0 Å². The normalized spacial score (nSPS) is 13.1. The number of amides is 1. The molecule has 0 aromatic heterocycles. The first-order valence-corrected chi connectivity index (χ1v) is 8.52. The van der Waals surface area contributed by atoms with Gasteiger partial charge >= 0.3 is 6.09 Å². The zero-order valence-corrected chi connectivity index (χ0v) is 14.8. The molecule has 0 bridgehead atoms. The van der Waals surface area contributed by atoms with Crippen LogP contribution in [0.3, 0.4) is 0 Å². The minimum atomic E-state index is -1.09. The lowest BCUT2D eigenvalue weighted by Gasteiger charge is -2.28. The predicted molar refractivity (Wildman–Crippen MR) is 98.0 cm³/mol. The Morgan fingerprint density at radius 1 is 1.08 bits per heavy atom. The standard InChI is InChI=1S/C20H26N2O3/c1-3-25-19(23)22-15-17-9-11-18(12-10-17)20(24,21-2)14-13-16-7-5-4-6-8-16/h4-12,21,24H,3,13-15H2,1-2H3,(H,22,23). The molecule has 0 aliphatic carbocycles. The number of carbonyl (C=O) groups excluding carboxylic acids is 1. The molecule has 0 heterocycles. The van der Waals surface area contributed by atoms with E-state index in [0.29, 0.717) is 19.6 Å². The Morgan fingerprint density at radius 2 is 1.76 bits per heavy atom. The Labute approximate surface area is 149 Å². The van der Waals surface area contributed by atoms with Gasteiger partial charge in [0.15, 0.2) is 0 Å². The first kappa shape index (κ1) is 19.0. The highest BCUT2D eigenvalue weighted by Crippen LogP contribution is 2.24. The fourth-order valence-corrected chi connectivity index (χ4v) is 2.64. The van der Waals surface area contributed by atoms with Crippen LogP contribution in [0.4, 0.5) is 4.79 Å². The summed E-state index contributed by atoms with van der Waals surface area (Å²) in [5.41, 5.74) is 1.83. The van der Waals surface area contributed by atoms with Gasteiger partial charge in [0.05, 0.1) is 6.61 Å². The fraction of sp³-hybridized carbons (Fsp3) is 0.350. The van der Waals surface area contributed by atoms with Crippen LogP contribution < -0.4 is 10.6 Å². The summed E-state index contributed by atoms with van der Waals surface area (Å²) < 4.78 is 4.83. The molecule has 0 aliphatic heterocycles. The van der Waals surface area contributed by atoms with Gasteiger partial charge in [-0.1, -0.05) is 54.6 Å². The number of hydrogen-bond acceptors (Lipinski definition) is 4. The van der Waals surface area contributed by atoms with E-state index in [4.69, 9.17) is 4.74 Å². The first-order valence-electron chi connectivity index (χ1n) is 8.52. The van der Waals surface area contributed by atoms with Crippen LogP contribution >= 0.6 is 0 Å². The summed E-state index contributed by atoms with van der Waals surface area (Å²) in [7, 11) is 1.75. The first-order chi connectivity index (χ1) is 12.1. The molecule has 1 atom stereocenters. The average molecular weight is 342 g/mol. The van der Waals surface area contributed by atoms with Crippen LogP contribution in [0, 0.1) is 0 Å². The van der Waals surface area contributed by atoms with Crippen molar-refractivity contribution in [3.8, 4) is 0 Å². The van der Waals surface area contributed by atoms with Crippen molar-refractivity contribution in [3.63, 3.8) is 0 Å². The number of carbonyl (C=O) groups is 1. The van der Waals surface area contributed by atoms with Gasteiger partial charge in [-0.2, -0.15) is 0 Å². The highest BCUT2D eigenvalue weighted by Gasteiger charge is 2.26. The largest absolute Gasteiger partial charge is 0.450 e. The maximum absolute atomic E-state index is 11.3. The Hall–Kier alpha value is -2.37. The molecule has 2 aromatic rings. The number of ether oxygens (including phenoxy) is 1. The van der Waals surface area contributed by atoms with Crippen molar-refractivity contribution in [3.05, 3.63) is 71.3 Å². The molecular weight excluding hydrogens is 316 g/mol. The Kier molecular flexibility index (Phi) is 6.98. The smallest absolute Gasteiger partial charge is 0.407 e. The maximum atomic E-state index is 11.3. The van der Waals surface area contributed by atoms with E-state index in [1.807, 2.05) is 42.5 Å². The SMILES string of the molecule is CCOC(=O)NCc1ccc(C(O)(CCc2ccccc2)NC)cc1. The van der Waals surface area contributed by atoms with Gasteiger partial charge in [0, 0.05) is 6.54 Å². The summed E-state index contributed by atoms with van der Waals surface area (Å²) in [4.78, 5) is 11.3. The molecule has 5 heteroatoms. The molecule has 2 aromatic carbocycles. The number of aryl methyl sites for hydroxylation is 1. The van der Waals surface area contributed by atoms with E-state index in [1.54, 1.807) is 14.0 Å². The summed E-state index contributed by atoms with van der Waals surface area (Å²) >= 11 is 0. The van der Waals surface area contributed by atoms with Crippen LogP contribution in [-0.4, -0.2) is 24.9 Å². The summed E-state index contributed by atoms with van der Waals surface area (Å²) in [6.45, 7) is 2.50. The lowest BCUT2D eigenvalue weighted by molar-refractivity contribution is -0.000405. The highest BCUT2D eigenvalue weighted by atomic mass is 16.5. The van der Waals surface area contributed by atoms with Gasteiger partial charge in [0.2, 0.25) is 0 Å². The lowest BCUT2D eigenvalue weighted by Crippen LogP contribution is -2.40. The molecule has 0 spiro atoms. The molecule has 0 aliphatic rings. The van der Waals surface area contributed by atoms with Crippen molar-refractivity contribution in [2.24, 2.45) is 0 Å². The van der Waals surface area contributed by atoms with Crippen molar-refractivity contribution < 1.29 is 14.6 Å². The zero-order chi connectivity index (χ0) is 18.1. The molecule has 0 saturated heterocycles. The van der Waals surface area contributed by atoms with Crippen LogP contribution in [0.2, 0.25) is 0 Å². The molecule has 1 unspecified atom stereocenters. The van der Waals surface area contributed by atoms with Gasteiger partial charge in [-0.25, -0.2) is 4.79 Å². The molecule has 1 amide bonds. The number of benzene rings is 2. The minimum absolute atomic E-state index is 0.349. The molecule has 0 fully saturated rings. The van der Waals surface area contributed by atoms with E-state index < -0.39 is 11.8 Å². The van der Waals surface area contributed by atoms with Gasteiger partial charge in [-0.05, 0) is 43.5 Å². The highest BCUT2D eigenvalue weighted by molar-refractivity contribution is 5.67. The van der Waals surface area contributed by atoms with E-state index in [1.165, 1.54) is 5.56 Å². The lowest BCUT2D eigenvalue weighted by atomic mass is 9.94. The molecule has 5 nitrogen and oxygen atoms in total. The third-order valence-electron chi connectivity index (χ3n) is 4.18. The van der Waals surface area contributed by atoms with Crippen molar-refractivity contribution >= 4 is 6.09 Å². The maximum Gasteiger partial charge on any atom is 0.407 e. The topological polar surface area (TPSA) is 70.6 Å². The van der Waals surface area contributed by atoms with Gasteiger partial charge in [0.25, 0.3) is 0 Å². The summed E-state index contributed by atoms with van der Waals surface area (Å²) in [6, 6.07) is 17.6. The fourth-order valence-electron chi connectivity index (χ4n) is 2.64. The number of alkyl carbamates (subject to hydrolysis) is 1. The van der Waals surface area contributed by atoms with Crippen molar-refractivity contribution in [2.45, 2.75) is 32.0 Å². The molecular formula is C20H26N2O3. The zero-order valence-electron chi connectivity index (χ0n) is 14.8. The second-order valence-corrected chi connectivity index (χ2v) is 5.87. The van der Waals surface area contributed by atoms with Crippen molar-refractivity contribution in [1.82, 2.24) is 10.6 Å². The van der Waals surface area contributed by atoms with E-state index >= 15 is 0 Å². The van der Waals surface area contributed by atoms with Gasteiger partial charge in [-0.3, -0.25) is 5.32 Å². The molecule has 3 N–H and O–H groups in total. The number of nitrogens with one attached hydrogen (secondary N) is 2. The van der Waals surface area contributed by atoms with Crippen molar-refractivity contribution in [1.29, 1.82) is 0 Å². The van der Waals surface area contributed by atoms with Crippen LogP contribution in [0.5, 0.6) is 0 Å². The van der Waals surface area contributed by atoms with E-state index in [0.717, 1.165) is 17.5 Å².